The van der Waals surface area contributed by atoms with Gasteiger partial charge in [-0.25, -0.2) is 0 Å². The molecule has 0 fully saturated rings. The smallest absolute Gasteiger partial charge is 0.0305 e. The average molecular weight is 181 g/mol. The zero-order valence-electron chi connectivity index (χ0n) is 7.20. The van der Waals surface area contributed by atoms with Crippen molar-refractivity contribution in [2.24, 2.45) is 0 Å². The molecule has 0 aliphatic heterocycles. The molecule has 0 spiro atoms. The van der Waals surface area contributed by atoms with Gasteiger partial charge in [-0.2, -0.15) is 0 Å². The summed E-state index contributed by atoms with van der Waals surface area (Å²) in [5, 5.41) is 1.57. The summed E-state index contributed by atoms with van der Waals surface area (Å²) >= 11 is 0. The highest BCUT2D eigenvalue weighted by atomic mass is 28.2. The van der Waals surface area contributed by atoms with Crippen LogP contribution in [0.15, 0.2) is 42.1 Å². The molecule has 1 radical (unpaired) electrons. The van der Waals surface area contributed by atoms with E-state index in [0.717, 1.165) is 0 Å². The minimum Gasteiger partial charge on any atom is -0.0799 e. The van der Waals surface area contributed by atoms with Gasteiger partial charge in [0.05, 0.1) is 0 Å². The summed E-state index contributed by atoms with van der Waals surface area (Å²) in [7, 11) is 0.352. The van der Waals surface area contributed by atoms with Gasteiger partial charge in [0.15, 0.2) is 0 Å². The van der Waals surface area contributed by atoms with Gasteiger partial charge in [-0.1, -0.05) is 42.1 Å². The van der Waals surface area contributed by atoms with E-state index in [1.54, 1.807) is 5.17 Å². The van der Waals surface area contributed by atoms with Crippen molar-refractivity contribution in [3.8, 4) is 10.7 Å². The Morgan fingerprint density at radius 2 is 1.69 bits per heavy atom. The van der Waals surface area contributed by atoms with Gasteiger partial charge in [0.1, 0.15) is 0 Å². The van der Waals surface area contributed by atoms with Gasteiger partial charge in [-0.15, -0.1) is 0 Å². The fourth-order valence-electron chi connectivity index (χ4n) is 1.90. The van der Waals surface area contributed by atoms with Gasteiger partial charge in [0.25, 0.3) is 0 Å². The van der Waals surface area contributed by atoms with Gasteiger partial charge in [-0.05, 0) is 21.9 Å². The summed E-state index contributed by atoms with van der Waals surface area (Å²) in [5.74, 6) is 0. The molecular weight excluding hydrogens is 172 g/mol. The first kappa shape index (κ1) is 7.22. The van der Waals surface area contributed by atoms with Crippen LogP contribution in [0.1, 0.15) is 11.1 Å². The largest absolute Gasteiger partial charge is 0.0799 e. The van der Waals surface area contributed by atoms with Crippen LogP contribution < -0.4 is 0 Å². The van der Waals surface area contributed by atoms with Crippen LogP contribution >= 0.6 is 0 Å². The summed E-state index contributed by atoms with van der Waals surface area (Å²) in [5.41, 5.74) is 6.57. The van der Waals surface area contributed by atoms with Crippen LogP contribution in [0, 0.1) is 6.42 Å². The zero-order chi connectivity index (χ0) is 8.67. The lowest BCUT2D eigenvalue weighted by molar-refractivity contribution is 1.55. The van der Waals surface area contributed by atoms with Crippen LogP contribution in [-0.4, -0.2) is 9.12 Å². The maximum Gasteiger partial charge on any atom is 0.0305 e. The monoisotopic (exact) mass is 181 g/mol. The Labute approximate surface area is 80.0 Å². The van der Waals surface area contributed by atoms with Crippen LogP contribution in [0.3, 0.4) is 0 Å². The minimum atomic E-state index is 0.352. The topological polar surface area (TPSA) is 0 Å². The first-order chi connectivity index (χ1) is 6.45. The van der Waals surface area contributed by atoms with Crippen molar-refractivity contribution in [1.29, 1.82) is 0 Å². The Hall–Kier alpha value is -1.21. The number of hydrogen-bond acceptors (Lipinski definition) is 0. The molecule has 0 saturated carbocycles. The quantitative estimate of drug-likeness (QED) is 0.467. The molecule has 1 aromatic carbocycles. The molecule has 0 saturated heterocycles. The Morgan fingerprint density at radius 1 is 0.846 bits per heavy atom. The predicted octanol–water partition coefficient (Wildman–Crippen LogP) is 2.34. The molecule has 0 atom stereocenters. The molecule has 2 aromatic rings. The third-order valence-electron chi connectivity index (χ3n) is 2.52. The second-order valence-electron chi connectivity index (χ2n) is 3.32. The van der Waals surface area contributed by atoms with Crippen molar-refractivity contribution in [3.05, 3.63) is 59.6 Å². The van der Waals surface area contributed by atoms with E-state index >= 15 is 0 Å². The van der Waals surface area contributed by atoms with Gasteiger partial charge in [0.2, 0.25) is 0 Å². The van der Waals surface area contributed by atoms with Crippen LogP contribution in [-0.2, 0) is 0 Å². The Kier molecular flexibility index (Phi) is 1.46. The van der Waals surface area contributed by atoms with Crippen molar-refractivity contribution >= 4 is 9.12 Å². The molecule has 0 nitrogen and oxygen atoms in total. The second-order valence-corrected chi connectivity index (χ2v) is 4.61. The molecule has 1 aliphatic rings. The lowest BCUT2D eigenvalue weighted by atomic mass is 10.1. The van der Waals surface area contributed by atoms with E-state index < -0.39 is 0 Å². The molecule has 1 aromatic heterocycles. The number of hydrogen-bond donors (Lipinski definition) is 0. The van der Waals surface area contributed by atoms with Crippen LogP contribution in [0.4, 0.5) is 0 Å². The van der Waals surface area contributed by atoms with Crippen molar-refractivity contribution in [1.82, 2.24) is 0 Å². The van der Waals surface area contributed by atoms with Gasteiger partial charge in [-0.3, -0.25) is 0 Å². The molecule has 0 bridgehead atoms. The molecule has 0 N–H and O–H groups in total. The second kappa shape index (κ2) is 2.64. The zero-order valence-corrected chi connectivity index (χ0v) is 8.35. The highest BCUT2D eigenvalue weighted by Crippen LogP contribution is 2.35. The lowest BCUT2D eigenvalue weighted by Gasteiger charge is -1.98. The number of rotatable bonds is 0. The normalized spacial score (nSPS) is 12.3. The first-order valence-electron chi connectivity index (χ1n) is 4.48. The fraction of sp³-hybridized carbons (Fsp3) is 0. The third-order valence-corrected chi connectivity index (χ3v) is 3.92. The number of benzene rings is 1. The molecule has 0 unspecified atom stereocenters. The van der Waals surface area contributed by atoms with E-state index in [1.165, 1.54) is 16.7 Å². The summed E-state index contributed by atoms with van der Waals surface area (Å²) in [6.07, 6.45) is 2.29. The Morgan fingerprint density at radius 3 is 2.69 bits per heavy atom. The first-order valence-corrected chi connectivity index (χ1v) is 5.73. The highest BCUT2D eigenvalue weighted by Gasteiger charge is 2.15. The minimum absolute atomic E-state index is 0.352. The molecule has 1 heteroatoms. The third kappa shape index (κ3) is 1.01. The van der Waals surface area contributed by atoms with E-state index in [9.17, 15) is 0 Å². The summed E-state index contributed by atoms with van der Waals surface area (Å²) in [6.45, 7) is 0. The SMILES string of the molecule is [CH]1c2ccccc2-c2[siH]cccc21. The molecule has 1 heterocycles. The summed E-state index contributed by atoms with van der Waals surface area (Å²) in [6, 6.07) is 13.0. The Balaban J connectivity index is 2.32. The maximum atomic E-state index is 2.30. The number of fused-ring (bicyclic) bond motifs is 3. The molecule has 61 valence electrons. The van der Waals surface area contributed by atoms with Gasteiger partial charge in [0, 0.05) is 15.5 Å². The Bertz CT molecular complexity index is 417. The molecule has 13 heavy (non-hydrogen) atoms. The van der Waals surface area contributed by atoms with Gasteiger partial charge < -0.3 is 0 Å². The molecular formula is C12H9Si. The molecule has 3 rings (SSSR count). The van der Waals surface area contributed by atoms with Crippen LogP contribution in [0.25, 0.3) is 10.7 Å². The van der Waals surface area contributed by atoms with E-state index in [2.05, 4.69) is 48.5 Å². The van der Waals surface area contributed by atoms with E-state index in [1.807, 2.05) is 0 Å². The van der Waals surface area contributed by atoms with Crippen molar-refractivity contribution in [2.75, 3.05) is 0 Å². The van der Waals surface area contributed by atoms with E-state index in [4.69, 9.17) is 0 Å². The lowest BCUT2D eigenvalue weighted by Crippen LogP contribution is -1.81. The van der Waals surface area contributed by atoms with Crippen molar-refractivity contribution in [3.63, 3.8) is 0 Å². The summed E-state index contributed by atoms with van der Waals surface area (Å²) in [4.78, 5) is 0. The highest BCUT2D eigenvalue weighted by molar-refractivity contribution is 6.40. The predicted molar refractivity (Wildman–Crippen MR) is 57.1 cm³/mol. The van der Waals surface area contributed by atoms with E-state index in [0.29, 0.717) is 9.12 Å². The van der Waals surface area contributed by atoms with Crippen molar-refractivity contribution in [2.45, 2.75) is 0 Å². The van der Waals surface area contributed by atoms with Crippen LogP contribution in [0.2, 0.25) is 0 Å². The van der Waals surface area contributed by atoms with Crippen molar-refractivity contribution < 1.29 is 0 Å². The van der Waals surface area contributed by atoms with Crippen LogP contribution in [0.5, 0.6) is 0 Å². The fourth-order valence-corrected chi connectivity index (χ4v) is 3.13. The van der Waals surface area contributed by atoms with Gasteiger partial charge >= 0.3 is 0 Å². The summed E-state index contributed by atoms with van der Waals surface area (Å²) < 4.78 is 0. The average Bonchev–Trinajstić information content (AvgIpc) is 2.56. The maximum absolute atomic E-state index is 2.30. The van der Waals surface area contributed by atoms with E-state index in [-0.39, 0.29) is 0 Å². The molecule has 0 amide bonds. The molecule has 1 aliphatic carbocycles. The standard InChI is InChI=1S/C12H9Si/c1-2-6-11-9(4-1)8-10-5-3-7-13-12(10)11/h1-8,13H.